The third kappa shape index (κ3) is 3.42. The van der Waals surface area contributed by atoms with Gasteiger partial charge in [0.1, 0.15) is 0 Å². The molecule has 0 bridgehead atoms. The molecule has 2 aromatic carbocycles. The SMILES string of the molecule is Cc1cc(C)cc(N/N=C/c2cc(O)c(O)c(Cl)c2)c1. The Balaban J connectivity index is 2.14. The van der Waals surface area contributed by atoms with E-state index in [2.05, 4.69) is 16.6 Å². The Kier molecular flexibility index (Phi) is 4.15. The first-order valence-electron chi connectivity index (χ1n) is 6.04. The highest BCUT2D eigenvalue weighted by Gasteiger charge is 2.05. The summed E-state index contributed by atoms with van der Waals surface area (Å²) in [5.74, 6) is -0.601. The zero-order chi connectivity index (χ0) is 14.7. The highest BCUT2D eigenvalue weighted by molar-refractivity contribution is 6.32. The van der Waals surface area contributed by atoms with Crippen LogP contribution < -0.4 is 5.43 Å². The Labute approximate surface area is 122 Å². The van der Waals surface area contributed by atoms with Crippen LogP contribution in [0, 0.1) is 13.8 Å². The number of hydrazone groups is 1. The normalized spacial score (nSPS) is 10.9. The van der Waals surface area contributed by atoms with Crippen molar-refractivity contribution in [3.63, 3.8) is 0 Å². The van der Waals surface area contributed by atoms with Gasteiger partial charge >= 0.3 is 0 Å². The predicted octanol–water partition coefficient (Wildman–Crippen LogP) is 3.81. The monoisotopic (exact) mass is 290 g/mol. The van der Waals surface area contributed by atoms with Crippen LogP contribution in [-0.2, 0) is 0 Å². The average Bonchev–Trinajstić information content (AvgIpc) is 2.34. The van der Waals surface area contributed by atoms with Crippen molar-refractivity contribution in [2.45, 2.75) is 13.8 Å². The number of nitrogens with zero attached hydrogens (tertiary/aromatic N) is 1. The lowest BCUT2D eigenvalue weighted by atomic mass is 10.1. The number of aromatic hydroxyl groups is 2. The van der Waals surface area contributed by atoms with E-state index in [0.29, 0.717) is 5.56 Å². The van der Waals surface area contributed by atoms with Crippen LogP contribution in [-0.4, -0.2) is 16.4 Å². The molecule has 0 aliphatic carbocycles. The van der Waals surface area contributed by atoms with Crippen molar-refractivity contribution >= 4 is 23.5 Å². The van der Waals surface area contributed by atoms with Gasteiger partial charge in [-0.2, -0.15) is 5.10 Å². The minimum absolute atomic E-state index is 0.0813. The molecule has 2 aromatic rings. The van der Waals surface area contributed by atoms with E-state index in [4.69, 9.17) is 11.6 Å². The fraction of sp³-hybridized carbons (Fsp3) is 0.133. The van der Waals surface area contributed by atoms with Crippen molar-refractivity contribution in [2.75, 3.05) is 5.43 Å². The lowest BCUT2D eigenvalue weighted by Crippen LogP contribution is -1.92. The van der Waals surface area contributed by atoms with Crippen molar-refractivity contribution in [1.29, 1.82) is 0 Å². The molecular weight excluding hydrogens is 276 g/mol. The van der Waals surface area contributed by atoms with Crippen LogP contribution in [0.15, 0.2) is 35.4 Å². The highest BCUT2D eigenvalue weighted by atomic mass is 35.5. The first-order chi connectivity index (χ1) is 9.45. The molecule has 20 heavy (non-hydrogen) atoms. The minimum Gasteiger partial charge on any atom is -0.504 e. The first-order valence-corrected chi connectivity index (χ1v) is 6.42. The molecule has 0 saturated heterocycles. The van der Waals surface area contributed by atoms with Gasteiger partial charge in [-0.15, -0.1) is 0 Å². The van der Waals surface area contributed by atoms with E-state index in [1.165, 1.54) is 18.3 Å². The number of halogens is 1. The van der Waals surface area contributed by atoms with Gasteiger partial charge in [0.05, 0.1) is 16.9 Å². The maximum Gasteiger partial charge on any atom is 0.176 e. The molecule has 0 fully saturated rings. The summed E-state index contributed by atoms with van der Waals surface area (Å²) in [6.45, 7) is 4.03. The molecule has 4 nitrogen and oxygen atoms in total. The minimum atomic E-state index is -0.328. The van der Waals surface area contributed by atoms with Crippen LogP contribution in [0.2, 0.25) is 5.02 Å². The second-order valence-corrected chi connectivity index (χ2v) is 5.02. The molecule has 104 valence electrons. The molecule has 0 saturated carbocycles. The summed E-state index contributed by atoms with van der Waals surface area (Å²) in [5, 5.41) is 23.0. The Morgan fingerprint density at radius 1 is 1.05 bits per heavy atom. The molecule has 0 amide bonds. The van der Waals surface area contributed by atoms with Crippen LogP contribution >= 0.6 is 11.6 Å². The Bertz CT molecular complexity index is 626. The fourth-order valence-electron chi connectivity index (χ4n) is 1.90. The maximum atomic E-state index is 9.45. The Hall–Kier alpha value is -2.20. The van der Waals surface area contributed by atoms with Crippen LogP contribution in [0.1, 0.15) is 16.7 Å². The molecule has 0 aliphatic heterocycles. The fourth-order valence-corrected chi connectivity index (χ4v) is 2.12. The van der Waals surface area contributed by atoms with Gasteiger partial charge in [0.15, 0.2) is 11.5 Å². The van der Waals surface area contributed by atoms with Crippen molar-refractivity contribution in [2.24, 2.45) is 5.10 Å². The smallest absolute Gasteiger partial charge is 0.176 e. The van der Waals surface area contributed by atoms with Crippen molar-refractivity contribution < 1.29 is 10.2 Å². The van der Waals surface area contributed by atoms with Gasteiger partial charge in [0, 0.05) is 0 Å². The number of phenolic OH excluding ortho intramolecular Hbond substituents is 2. The van der Waals surface area contributed by atoms with E-state index < -0.39 is 0 Å². The first kappa shape index (κ1) is 14.2. The zero-order valence-corrected chi connectivity index (χ0v) is 11.9. The van der Waals surface area contributed by atoms with E-state index in [1.807, 2.05) is 26.0 Å². The topological polar surface area (TPSA) is 64.9 Å². The summed E-state index contributed by atoms with van der Waals surface area (Å²) in [5.41, 5.74) is 6.67. The predicted molar refractivity (Wildman–Crippen MR) is 81.9 cm³/mol. The van der Waals surface area contributed by atoms with Gasteiger partial charge in [-0.1, -0.05) is 17.7 Å². The van der Waals surface area contributed by atoms with Crippen LogP contribution in [0.4, 0.5) is 5.69 Å². The molecule has 5 heteroatoms. The van der Waals surface area contributed by atoms with Gasteiger partial charge < -0.3 is 10.2 Å². The summed E-state index contributed by atoms with van der Waals surface area (Å²) in [4.78, 5) is 0. The molecule has 0 aromatic heterocycles. The summed E-state index contributed by atoms with van der Waals surface area (Å²) in [6, 6.07) is 8.93. The van der Waals surface area contributed by atoms with E-state index in [9.17, 15) is 10.2 Å². The largest absolute Gasteiger partial charge is 0.504 e. The quantitative estimate of drug-likeness (QED) is 0.457. The molecule has 0 unspecified atom stereocenters. The molecule has 0 atom stereocenters. The van der Waals surface area contributed by atoms with Gasteiger partial charge in [-0.05, 0) is 54.8 Å². The third-order valence-electron chi connectivity index (χ3n) is 2.69. The maximum absolute atomic E-state index is 9.45. The number of hydrogen-bond donors (Lipinski definition) is 3. The van der Waals surface area contributed by atoms with Gasteiger partial charge in [0.2, 0.25) is 0 Å². The Morgan fingerprint density at radius 2 is 1.70 bits per heavy atom. The van der Waals surface area contributed by atoms with E-state index >= 15 is 0 Å². The standard InChI is InChI=1S/C15H15ClN2O2/c1-9-3-10(2)5-12(4-9)18-17-8-11-6-13(16)15(20)14(19)7-11/h3-8,18-20H,1-2H3/b17-8+. The van der Waals surface area contributed by atoms with Gasteiger partial charge in [-0.25, -0.2) is 0 Å². The number of phenols is 2. The van der Waals surface area contributed by atoms with E-state index in [-0.39, 0.29) is 16.5 Å². The van der Waals surface area contributed by atoms with E-state index in [1.54, 1.807) is 0 Å². The molecule has 3 N–H and O–H groups in total. The van der Waals surface area contributed by atoms with Crippen molar-refractivity contribution in [1.82, 2.24) is 0 Å². The number of aryl methyl sites for hydroxylation is 2. The highest BCUT2D eigenvalue weighted by Crippen LogP contribution is 2.33. The second kappa shape index (κ2) is 5.84. The number of benzene rings is 2. The number of hydrogen-bond acceptors (Lipinski definition) is 4. The van der Waals surface area contributed by atoms with Crippen LogP contribution in [0.5, 0.6) is 11.5 Å². The number of anilines is 1. The van der Waals surface area contributed by atoms with E-state index in [0.717, 1.165) is 16.8 Å². The number of nitrogens with one attached hydrogen (secondary N) is 1. The second-order valence-electron chi connectivity index (χ2n) is 4.62. The van der Waals surface area contributed by atoms with Gasteiger partial charge in [-0.3, -0.25) is 5.43 Å². The number of rotatable bonds is 3. The summed E-state index contributed by atoms with van der Waals surface area (Å²) in [6.07, 6.45) is 1.52. The summed E-state index contributed by atoms with van der Waals surface area (Å²) in [7, 11) is 0. The molecule has 0 radical (unpaired) electrons. The molecule has 0 aliphatic rings. The van der Waals surface area contributed by atoms with Gasteiger partial charge in [0.25, 0.3) is 0 Å². The molecule has 0 spiro atoms. The van der Waals surface area contributed by atoms with Crippen LogP contribution in [0.3, 0.4) is 0 Å². The average molecular weight is 291 g/mol. The summed E-state index contributed by atoms with van der Waals surface area (Å²) < 4.78 is 0. The van der Waals surface area contributed by atoms with Crippen LogP contribution in [0.25, 0.3) is 0 Å². The molecule has 2 rings (SSSR count). The third-order valence-corrected chi connectivity index (χ3v) is 2.98. The lowest BCUT2D eigenvalue weighted by molar-refractivity contribution is 0.404. The lowest BCUT2D eigenvalue weighted by Gasteiger charge is -2.04. The van der Waals surface area contributed by atoms with Crippen molar-refractivity contribution in [3.05, 3.63) is 52.0 Å². The zero-order valence-electron chi connectivity index (χ0n) is 11.2. The molecule has 0 heterocycles. The Morgan fingerprint density at radius 3 is 2.30 bits per heavy atom. The molecular formula is C15H15ClN2O2. The van der Waals surface area contributed by atoms with Crippen molar-refractivity contribution in [3.8, 4) is 11.5 Å². The summed E-state index contributed by atoms with van der Waals surface area (Å²) >= 11 is 5.76.